The summed E-state index contributed by atoms with van der Waals surface area (Å²) < 4.78 is 0. The van der Waals surface area contributed by atoms with E-state index in [0.29, 0.717) is 18.8 Å². The van der Waals surface area contributed by atoms with E-state index in [-0.39, 0.29) is 5.91 Å². The number of hydrogen-bond acceptors (Lipinski definition) is 4. The van der Waals surface area contributed by atoms with Gasteiger partial charge >= 0.3 is 0 Å². The number of rotatable bonds is 3. The predicted octanol–water partition coefficient (Wildman–Crippen LogP) is 2.24. The number of aryl methyl sites for hydroxylation is 1. The van der Waals surface area contributed by atoms with E-state index in [1.807, 2.05) is 35.2 Å². The standard InChI is InChI=1S/C16H18N4O/c17-19-16-13(7-4-10-18-16)11-20-14-8-2-1-5-12(14)6-3-9-15(20)21/h1-2,4-5,7-8,10H,3,6,9,11,17H2,(H,18,19). The SMILES string of the molecule is NNc1ncccc1CN1C(=O)CCCc2ccccc21. The number of nitrogens with two attached hydrogens (primary N) is 1. The van der Waals surface area contributed by atoms with E-state index in [1.165, 1.54) is 5.56 Å². The quantitative estimate of drug-likeness (QED) is 0.669. The molecular formula is C16H18N4O. The Kier molecular flexibility index (Phi) is 3.83. The molecule has 0 fully saturated rings. The first-order chi connectivity index (χ1) is 10.3. The van der Waals surface area contributed by atoms with Gasteiger partial charge in [0, 0.05) is 23.9 Å². The Morgan fingerprint density at radius 3 is 2.90 bits per heavy atom. The first-order valence-electron chi connectivity index (χ1n) is 7.08. The summed E-state index contributed by atoms with van der Waals surface area (Å²) in [6.07, 6.45) is 4.08. The Labute approximate surface area is 123 Å². The number of anilines is 2. The van der Waals surface area contributed by atoms with Crippen molar-refractivity contribution in [3.8, 4) is 0 Å². The van der Waals surface area contributed by atoms with Crippen molar-refractivity contribution in [3.05, 3.63) is 53.7 Å². The molecule has 0 bridgehead atoms. The summed E-state index contributed by atoms with van der Waals surface area (Å²) in [6.45, 7) is 0.475. The van der Waals surface area contributed by atoms with Crippen LogP contribution < -0.4 is 16.2 Å². The summed E-state index contributed by atoms with van der Waals surface area (Å²) in [5.41, 5.74) is 5.71. The van der Waals surface area contributed by atoms with Crippen LogP contribution in [0.1, 0.15) is 24.0 Å². The lowest BCUT2D eigenvalue weighted by Crippen LogP contribution is -2.30. The van der Waals surface area contributed by atoms with Crippen LogP contribution in [0.2, 0.25) is 0 Å². The summed E-state index contributed by atoms with van der Waals surface area (Å²) in [4.78, 5) is 18.5. The number of nitrogens with zero attached hydrogens (tertiary/aromatic N) is 2. The highest BCUT2D eigenvalue weighted by Gasteiger charge is 2.22. The van der Waals surface area contributed by atoms with Gasteiger partial charge in [-0.2, -0.15) is 0 Å². The summed E-state index contributed by atoms with van der Waals surface area (Å²) in [5.74, 6) is 6.25. The molecule has 5 nitrogen and oxygen atoms in total. The van der Waals surface area contributed by atoms with Crippen molar-refractivity contribution in [3.63, 3.8) is 0 Å². The van der Waals surface area contributed by atoms with Gasteiger partial charge in [-0.05, 0) is 30.5 Å². The number of nitrogens with one attached hydrogen (secondary N) is 1. The van der Waals surface area contributed by atoms with Crippen LogP contribution in [0.3, 0.4) is 0 Å². The summed E-state index contributed by atoms with van der Waals surface area (Å²) in [5, 5.41) is 0. The van der Waals surface area contributed by atoms with E-state index in [1.54, 1.807) is 6.20 Å². The maximum Gasteiger partial charge on any atom is 0.227 e. The number of hydrogen-bond donors (Lipinski definition) is 2. The third-order valence-electron chi connectivity index (χ3n) is 3.78. The van der Waals surface area contributed by atoms with Crippen molar-refractivity contribution in [2.24, 2.45) is 5.84 Å². The fraction of sp³-hybridized carbons (Fsp3) is 0.250. The van der Waals surface area contributed by atoms with Crippen LogP contribution in [-0.2, 0) is 17.8 Å². The number of benzene rings is 1. The molecule has 1 aromatic heterocycles. The van der Waals surface area contributed by atoms with Crippen molar-refractivity contribution in [1.29, 1.82) is 0 Å². The Bertz CT molecular complexity index is 656. The van der Waals surface area contributed by atoms with Gasteiger partial charge < -0.3 is 10.3 Å². The maximum absolute atomic E-state index is 12.4. The van der Waals surface area contributed by atoms with Crippen molar-refractivity contribution >= 4 is 17.4 Å². The molecule has 21 heavy (non-hydrogen) atoms. The molecule has 3 N–H and O–H groups in total. The van der Waals surface area contributed by atoms with Gasteiger partial charge in [-0.25, -0.2) is 10.8 Å². The third-order valence-corrected chi connectivity index (χ3v) is 3.78. The minimum atomic E-state index is 0.145. The zero-order chi connectivity index (χ0) is 14.7. The van der Waals surface area contributed by atoms with Crippen molar-refractivity contribution in [2.45, 2.75) is 25.8 Å². The Balaban J connectivity index is 1.98. The molecule has 5 heteroatoms. The van der Waals surface area contributed by atoms with Gasteiger partial charge in [0.15, 0.2) is 0 Å². The Hall–Kier alpha value is -2.40. The number of pyridine rings is 1. The summed E-state index contributed by atoms with van der Waals surface area (Å²) in [6, 6.07) is 11.9. The molecule has 0 atom stereocenters. The highest BCUT2D eigenvalue weighted by molar-refractivity contribution is 5.94. The van der Waals surface area contributed by atoms with Gasteiger partial charge in [0.05, 0.1) is 6.54 Å². The fourth-order valence-corrected chi connectivity index (χ4v) is 2.72. The molecule has 108 valence electrons. The first kappa shape index (κ1) is 13.6. The van der Waals surface area contributed by atoms with E-state index in [0.717, 1.165) is 24.1 Å². The van der Waals surface area contributed by atoms with Gasteiger partial charge in [0.2, 0.25) is 5.91 Å². The second-order valence-corrected chi connectivity index (χ2v) is 5.12. The normalized spacial score (nSPS) is 14.5. The average Bonchev–Trinajstić information content (AvgIpc) is 2.68. The maximum atomic E-state index is 12.4. The summed E-state index contributed by atoms with van der Waals surface area (Å²) >= 11 is 0. The van der Waals surface area contributed by atoms with Crippen molar-refractivity contribution in [1.82, 2.24) is 4.98 Å². The molecule has 0 aliphatic carbocycles. The van der Waals surface area contributed by atoms with Crippen LogP contribution in [0.25, 0.3) is 0 Å². The topological polar surface area (TPSA) is 71.2 Å². The average molecular weight is 282 g/mol. The lowest BCUT2D eigenvalue weighted by Gasteiger charge is -2.24. The molecule has 0 saturated heterocycles. The minimum Gasteiger partial charge on any atom is -0.308 e. The number of fused-ring (bicyclic) bond motifs is 1. The lowest BCUT2D eigenvalue weighted by molar-refractivity contribution is -0.118. The van der Waals surface area contributed by atoms with Gasteiger partial charge in [-0.1, -0.05) is 24.3 Å². The second-order valence-electron chi connectivity index (χ2n) is 5.12. The molecule has 2 aromatic rings. The van der Waals surface area contributed by atoms with E-state index < -0.39 is 0 Å². The number of carbonyl (C=O) groups excluding carboxylic acids is 1. The molecule has 0 saturated carbocycles. The van der Waals surface area contributed by atoms with Crippen LogP contribution in [0.4, 0.5) is 11.5 Å². The van der Waals surface area contributed by atoms with Gasteiger partial charge in [-0.3, -0.25) is 4.79 Å². The molecule has 1 aliphatic heterocycles. The van der Waals surface area contributed by atoms with Crippen molar-refractivity contribution in [2.75, 3.05) is 10.3 Å². The molecule has 3 rings (SSSR count). The van der Waals surface area contributed by atoms with E-state index in [2.05, 4.69) is 16.5 Å². The Morgan fingerprint density at radius 1 is 1.19 bits per heavy atom. The van der Waals surface area contributed by atoms with Gasteiger partial charge in [0.1, 0.15) is 5.82 Å². The molecule has 0 radical (unpaired) electrons. The van der Waals surface area contributed by atoms with E-state index in [9.17, 15) is 4.79 Å². The number of para-hydroxylation sites is 1. The minimum absolute atomic E-state index is 0.145. The number of aromatic nitrogens is 1. The monoisotopic (exact) mass is 282 g/mol. The van der Waals surface area contributed by atoms with Gasteiger partial charge in [0.25, 0.3) is 0 Å². The molecule has 0 unspecified atom stereocenters. The fourth-order valence-electron chi connectivity index (χ4n) is 2.72. The first-order valence-corrected chi connectivity index (χ1v) is 7.08. The molecule has 0 spiro atoms. The number of carbonyl (C=O) groups is 1. The number of hydrazine groups is 1. The lowest BCUT2D eigenvalue weighted by atomic mass is 10.1. The zero-order valence-electron chi connectivity index (χ0n) is 11.7. The van der Waals surface area contributed by atoms with Crippen LogP contribution >= 0.6 is 0 Å². The van der Waals surface area contributed by atoms with Crippen LogP contribution in [0, 0.1) is 0 Å². The van der Waals surface area contributed by atoms with Crippen LogP contribution in [0.15, 0.2) is 42.6 Å². The number of amides is 1. The zero-order valence-corrected chi connectivity index (χ0v) is 11.7. The molecule has 1 aliphatic rings. The molecular weight excluding hydrogens is 264 g/mol. The number of nitrogen functional groups attached to an aromatic ring is 1. The highest BCUT2D eigenvalue weighted by atomic mass is 16.2. The largest absolute Gasteiger partial charge is 0.308 e. The predicted molar refractivity (Wildman–Crippen MR) is 82.6 cm³/mol. The van der Waals surface area contributed by atoms with Crippen molar-refractivity contribution < 1.29 is 4.79 Å². The van der Waals surface area contributed by atoms with Gasteiger partial charge in [-0.15, -0.1) is 0 Å². The smallest absolute Gasteiger partial charge is 0.227 e. The van der Waals surface area contributed by atoms with E-state index >= 15 is 0 Å². The van der Waals surface area contributed by atoms with Crippen LogP contribution in [-0.4, -0.2) is 10.9 Å². The Morgan fingerprint density at radius 2 is 2.05 bits per heavy atom. The summed E-state index contributed by atoms with van der Waals surface area (Å²) in [7, 11) is 0. The molecule has 1 amide bonds. The molecule has 2 heterocycles. The second kappa shape index (κ2) is 5.93. The molecule has 1 aromatic carbocycles. The third kappa shape index (κ3) is 2.73. The van der Waals surface area contributed by atoms with Crippen LogP contribution in [0.5, 0.6) is 0 Å². The van der Waals surface area contributed by atoms with E-state index in [4.69, 9.17) is 5.84 Å². The highest BCUT2D eigenvalue weighted by Crippen LogP contribution is 2.29.